The van der Waals surface area contributed by atoms with Crippen LogP contribution in [-0.4, -0.2) is 30.1 Å². The van der Waals surface area contributed by atoms with Crippen LogP contribution in [0, 0.1) is 0 Å². The topological polar surface area (TPSA) is 68.4 Å². The molecule has 0 atom stereocenters. The average molecular weight is 275 g/mol. The van der Waals surface area contributed by atoms with Gasteiger partial charge in [0.15, 0.2) is 0 Å². The minimum atomic E-state index is -0.456. The molecule has 0 saturated carbocycles. The van der Waals surface area contributed by atoms with E-state index in [1.165, 1.54) is 0 Å². The number of aromatic amines is 1. The number of fused-ring (bicyclic) bond motifs is 1. The Labute approximate surface area is 116 Å². The lowest BCUT2D eigenvalue weighted by Gasteiger charge is -2.04. The van der Waals surface area contributed by atoms with E-state index in [2.05, 4.69) is 4.98 Å². The normalized spacial score (nSPS) is 10.5. The zero-order valence-electron chi connectivity index (χ0n) is 11.6. The number of nitrogens with one attached hydrogen (secondary N) is 1. The smallest absolute Gasteiger partial charge is 0.355 e. The van der Waals surface area contributed by atoms with Gasteiger partial charge in [-0.2, -0.15) is 0 Å². The second-order valence-corrected chi connectivity index (χ2v) is 4.23. The van der Waals surface area contributed by atoms with Crippen LogP contribution in [-0.2, 0) is 20.7 Å². The van der Waals surface area contributed by atoms with Crippen LogP contribution in [0.1, 0.15) is 29.9 Å². The van der Waals surface area contributed by atoms with Gasteiger partial charge in [-0.3, -0.25) is 4.79 Å². The van der Waals surface area contributed by atoms with Crippen molar-refractivity contribution in [2.24, 2.45) is 0 Å². The predicted molar refractivity (Wildman–Crippen MR) is 74.6 cm³/mol. The van der Waals surface area contributed by atoms with E-state index in [1.54, 1.807) is 13.8 Å². The molecule has 0 saturated heterocycles. The Morgan fingerprint density at radius 3 is 2.50 bits per heavy atom. The number of hydrogen-bond acceptors (Lipinski definition) is 4. The summed E-state index contributed by atoms with van der Waals surface area (Å²) in [7, 11) is 0. The molecule has 2 rings (SSSR count). The number of aromatic nitrogens is 1. The van der Waals surface area contributed by atoms with Crippen LogP contribution in [0.25, 0.3) is 10.9 Å². The van der Waals surface area contributed by atoms with Crippen molar-refractivity contribution in [2.75, 3.05) is 13.2 Å². The van der Waals surface area contributed by atoms with Crippen molar-refractivity contribution in [3.63, 3.8) is 0 Å². The Kier molecular flexibility index (Phi) is 4.40. The summed E-state index contributed by atoms with van der Waals surface area (Å²) in [6.07, 6.45) is 0.0476. The standard InChI is InChI=1S/C15H17NO4/c1-3-19-13(17)9-11-10-7-5-6-8-12(10)16-14(11)15(18)20-4-2/h5-8,16H,3-4,9H2,1-2H3. The molecular formula is C15H17NO4. The number of benzene rings is 1. The highest BCUT2D eigenvalue weighted by Crippen LogP contribution is 2.24. The fourth-order valence-corrected chi connectivity index (χ4v) is 2.12. The zero-order chi connectivity index (χ0) is 14.5. The summed E-state index contributed by atoms with van der Waals surface area (Å²) >= 11 is 0. The van der Waals surface area contributed by atoms with Crippen molar-refractivity contribution in [1.29, 1.82) is 0 Å². The van der Waals surface area contributed by atoms with E-state index >= 15 is 0 Å². The number of H-pyrrole nitrogens is 1. The van der Waals surface area contributed by atoms with Crippen molar-refractivity contribution < 1.29 is 19.1 Å². The average Bonchev–Trinajstić information content (AvgIpc) is 2.78. The first-order chi connectivity index (χ1) is 9.67. The van der Waals surface area contributed by atoms with Crippen LogP contribution in [0.3, 0.4) is 0 Å². The van der Waals surface area contributed by atoms with Crippen LogP contribution in [0.15, 0.2) is 24.3 Å². The van der Waals surface area contributed by atoms with Gasteiger partial charge >= 0.3 is 11.9 Å². The summed E-state index contributed by atoms with van der Waals surface area (Å²) in [6.45, 7) is 4.09. The molecule has 0 amide bonds. The summed E-state index contributed by atoms with van der Waals surface area (Å²) < 4.78 is 9.97. The third kappa shape index (κ3) is 2.82. The second-order valence-electron chi connectivity index (χ2n) is 4.23. The van der Waals surface area contributed by atoms with Crippen molar-refractivity contribution >= 4 is 22.8 Å². The number of carbonyl (C=O) groups is 2. The lowest BCUT2D eigenvalue weighted by Crippen LogP contribution is -2.12. The molecule has 0 aliphatic carbocycles. The van der Waals surface area contributed by atoms with Crippen molar-refractivity contribution in [1.82, 2.24) is 4.98 Å². The quantitative estimate of drug-likeness (QED) is 0.851. The zero-order valence-corrected chi connectivity index (χ0v) is 11.6. The highest BCUT2D eigenvalue weighted by molar-refractivity contribution is 6.00. The largest absolute Gasteiger partial charge is 0.466 e. The number of carbonyl (C=O) groups excluding carboxylic acids is 2. The van der Waals surface area contributed by atoms with E-state index in [-0.39, 0.29) is 19.0 Å². The van der Waals surface area contributed by atoms with E-state index in [4.69, 9.17) is 9.47 Å². The van der Waals surface area contributed by atoms with Gasteiger partial charge in [0.05, 0.1) is 19.6 Å². The summed E-state index contributed by atoms with van der Waals surface area (Å²) in [5.41, 5.74) is 1.74. The first-order valence-electron chi connectivity index (χ1n) is 6.59. The molecule has 2 aromatic rings. The Morgan fingerprint density at radius 2 is 1.80 bits per heavy atom. The lowest BCUT2D eigenvalue weighted by atomic mass is 10.1. The molecule has 0 radical (unpaired) electrons. The summed E-state index contributed by atoms with van der Waals surface area (Å²) in [4.78, 5) is 26.7. The molecule has 0 aliphatic rings. The molecule has 0 aliphatic heterocycles. The molecule has 5 nitrogen and oxygen atoms in total. The van der Waals surface area contributed by atoms with Gasteiger partial charge in [-0.1, -0.05) is 18.2 Å². The maximum atomic E-state index is 12.0. The van der Waals surface area contributed by atoms with Gasteiger partial charge < -0.3 is 14.5 Å². The Hall–Kier alpha value is -2.30. The molecule has 0 fully saturated rings. The molecule has 1 N–H and O–H groups in total. The van der Waals surface area contributed by atoms with Crippen LogP contribution >= 0.6 is 0 Å². The number of hydrogen-bond donors (Lipinski definition) is 1. The van der Waals surface area contributed by atoms with E-state index in [9.17, 15) is 9.59 Å². The van der Waals surface area contributed by atoms with E-state index in [0.29, 0.717) is 17.9 Å². The molecule has 1 aromatic heterocycles. The number of para-hydroxylation sites is 1. The molecule has 0 unspecified atom stereocenters. The minimum Gasteiger partial charge on any atom is -0.466 e. The number of ether oxygens (including phenoxy) is 2. The Bertz CT molecular complexity index is 630. The third-order valence-electron chi connectivity index (χ3n) is 2.92. The molecule has 20 heavy (non-hydrogen) atoms. The number of esters is 2. The minimum absolute atomic E-state index is 0.0476. The number of rotatable bonds is 5. The van der Waals surface area contributed by atoms with E-state index in [1.807, 2.05) is 24.3 Å². The maximum Gasteiger partial charge on any atom is 0.355 e. The monoisotopic (exact) mass is 275 g/mol. The van der Waals surface area contributed by atoms with E-state index in [0.717, 1.165) is 10.9 Å². The van der Waals surface area contributed by atoms with Gasteiger partial charge in [0.25, 0.3) is 0 Å². The molecule has 1 heterocycles. The molecule has 0 spiro atoms. The third-order valence-corrected chi connectivity index (χ3v) is 2.92. The van der Waals surface area contributed by atoms with Gasteiger partial charge in [-0.05, 0) is 19.9 Å². The Morgan fingerprint density at radius 1 is 1.10 bits per heavy atom. The van der Waals surface area contributed by atoms with Gasteiger partial charge in [0.2, 0.25) is 0 Å². The van der Waals surface area contributed by atoms with Crippen molar-refractivity contribution in [2.45, 2.75) is 20.3 Å². The highest BCUT2D eigenvalue weighted by Gasteiger charge is 2.21. The van der Waals surface area contributed by atoms with Crippen LogP contribution in [0.4, 0.5) is 0 Å². The lowest BCUT2D eigenvalue weighted by molar-refractivity contribution is -0.142. The van der Waals surface area contributed by atoms with Crippen LogP contribution < -0.4 is 0 Å². The highest BCUT2D eigenvalue weighted by atomic mass is 16.5. The fraction of sp³-hybridized carbons (Fsp3) is 0.333. The molecular weight excluding hydrogens is 258 g/mol. The SMILES string of the molecule is CCOC(=O)Cc1c(C(=O)OCC)[nH]c2ccccc12. The van der Waals surface area contributed by atoms with E-state index < -0.39 is 5.97 Å². The second kappa shape index (κ2) is 6.23. The van der Waals surface area contributed by atoms with Crippen LogP contribution in [0.5, 0.6) is 0 Å². The molecule has 106 valence electrons. The molecule has 5 heteroatoms. The first kappa shape index (κ1) is 14.1. The fourth-order valence-electron chi connectivity index (χ4n) is 2.12. The molecule has 0 bridgehead atoms. The summed E-state index contributed by atoms with van der Waals surface area (Å²) in [5, 5.41) is 0.837. The first-order valence-corrected chi connectivity index (χ1v) is 6.59. The van der Waals surface area contributed by atoms with Crippen molar-refractivity contribution in [3.8, 4) is 0 Å². The summed E-state index contributed by atoms with van der Waals surface area (Å²) in [6, 6.07) is 7.44. The van der Waals surface area contributed by atoms with Crippen LogP contribution in [0.2, 0.25) is 0 Å². The van der Waals surface area contributed by atoms with Gasteiger partial charge in [0, 0.05) is 16.5 Å². The predicted octanol–water partition coefficient (Wildman–Crippen LogP) is 2.45. The van der Waals surface area contributed by atoms with Gasteiger partial charge in [0.1, 0.15) is 5.69 Å². The van der Waals surface area contributed by atoms with Gasteiger partial charge in [-0.25, -0.2) is 4.79 Å². The van der Waals surface area contributed by atoms with Crippen molar-refractivity contribution in [3.05, 3.63) is 35.5 Å². The van der Waals surface area contributed by atoms with Gasteiger partial charge in [-0.15, -0.1) is 0 Å². The maximum absolute atomic E-state index is 12.0. The summed E-state index contributed by atoms with van der Waals surface area (Å²) in [5.74, 6) is -0.814. The molecule has 1 aromatic carbocycles. The Balaban J connectivity index is 2.44.